The van der Waals surface area contributed by atoms with Crippen LogP contribution < -0.4 is 4.74 Å². The van der Waals surface area contributed by atoms with Gasteiger partial charge in [0.25, 0.3) is 0 Å². The smallest absolute Gasteiger partial charge is 0.160 e. The fourth-order valence-corrected chi connectivity index (χ4v) is 2.74. The number of hydrogen-bond donors (Lipinski definition) is 1. The van der Waals surface area contributed by atoms with Gasteiger partial charge in [-0.3, -0.25) is 4.79 Å². The Morgan fingerprint density at radius 2 is 1.58 bits per heavy atom. The van der Waals surface area contributed by atoms with Gasteiger partial charge in [0, 0.05) is 11.8 Å². The van der Waals surface area contributed by atoms with Gasteiger partial charge in [0.2, 0.25) is 0 Å². The molecule has 0 bridgehead atoms. The molecule has 1 atom stereocenters. The zero-order chi connectivity index (χ0) is 19.3. The maximum atomic E-state index is 11.6. The van der Waals surface area contributed by atoms with E-state index in [0.717, 1.165) is 0 Å². The lowest BCUT2D eigenvalue weighted by atomic mass is 9.78. The van der Waals surface area contributed by atoms with Crippen molar-refractivity contribution in [3.63, 3.8) is 0 Å². The Morgan fingerprint density at radius 3 is 2.08 bits per heavy atom. The van der Waals surface area contributed by atoms with Gasteiger partial charge in [-0.2, -0.15) is 0 Å². The normalized spacial score (nSPS) is 12.5. The molecule has 0 spiro atoms. The molecule has 3 heteroatoms. The number of ketones is 1. The number of aliphatic hydroxyl groups is 1. The van der Waals surface area contributed by atoms with Gasteiger partial charge in [0.1, 0.15) is 12.4 Å². The van der Waals surface area contributed by atoms with E-state index in [0.29, 0.717) is 11.3 Å². The minimum absolute atomic E-state index is 0.0356. The summed E-state index contributed by atoms with van der Waals surface area (Å²) in [6.07, 6.45) is -0.795. The first-order valence-corrected chi connectivity index (χ1v) is 8.87. The number of benzene rings is 2. The number of Topliss-reactive ketones (excluding diaryl/α,β-unsaturated/α-hetero) is 1. The second kappa shape index (κ2) is 8.33. The fraction of sp³-hybridized carbons (Fsp3) is 0.348. The van der Waals surface area contributed by atoms with Gasteiger partial charge in [-0.1, -0.05) is 62.4 Å². The molecule has 2 aromatic carbocycles. The molecule has 0 heterocycles. The molecule has 0 fully saturated rings. The number of aryl methyl sites for hydroxylation is 1. The Balaban J connectivity index is 2.00. The van der Waals surface area contributed by atoms with E-state index < -0.39 is 6.10 Å². The van der Waals surface area contributed by atoms with E-state index in [1.807, 2.05) is 24.3 Å². The highest BCUT2D eigenvalue weighted by molar-refractivity contribution is 5.94. The predicted octanol–water partition coefficient (Wildman–Crippen LogP) is 4.60. The topological polar surface area (TPSA) is 46.5 Å². The fourth-order valence-electron chi connectivity index (χ4n) is 2.74. The van der Waals surface area contributed by atoms with E-state index >= 15 is 0 Å². The van der Waals surface area contributed by atoms with Crippen LogP contribution in [0.4, 0.5) is 0 Å². The van der Waals surface area contributed by atoms with E-state index in [1.54, 1.807) is 6.92 Å². The van der Waals surface area contributed by atoms with Crippen LogP contribution in [0.1, 0.15) is 43.9 Å². The molecular formula is C23H28O3. The highest BCUT2D eigenvalue weighted by Crippen LogP contribution is 2.32. The van der Waals surface area contributed by atoms with Crippen molar-refractivity contribution in [1.29, 1.82) is 0 Å². The highest BCUT2D eigenvalue weighted by Gasteiger charge is 2.23. The lowest BCUT2D eigenvalue weighted by Crippen LogP contribution is -2.22. The molecule has 0 saturated heterocycles. The summed E-state index contributed by atoms with van der Waals surface area (Å²) >= 11 is 0. The summed E-state index contributed by atoms with van der Waals surface area (Å²) in [7, 11) is 0. The van der Waals surface area contributed by atoms with Gasteiger partial charge in [0.15, 0.2) is 5.78 Å². The zero-order valence-corrected chi connectivity index (χ0v) is 16.1. The van der Waals surface area contributed by atoms with Crippen molar-refractivity contribution < 1.29 is 14.6 Å². The van der Waals surface area contributed by atoms with Gasteiger partial charge in [-0.25, -0.2) is 0 Å². The minimum Gasteiger partial charge on any atom is -0.491 e. The molecular weight excluding hydrogens is 324 g/mol. The molecule has 0 aromatic heterocycles. The summed E-state index contributed by atoms with van der Waals surface area (Å²) < 4.78 is 5.61. The first-order chi connectivity index (χ1) is 12.2. The van der Waals surface area contributed by atoms with Crippen molar-refractivity contribution in [1.82, 2.24) is 0 Å². The number of ether oxygens (including phenoxy) is 1. The van der Waals surface area contributed by atoms with Crippen molar-refractivity contribution in [2.24, 2.45) is 0 Å². The van der Waals surface area contributed by atoms with Crippen LogP contribution in [-0.2, 0) is 10.2 Å². The summed E-state index contributed by atoms with van der Waals surface area (Å²) in [5, 5.41) is 9.90. The molecule has 2 aromatic rings. The van der Waals surface area contributed by atoms with Gasteiger partial charge in [0.05, 0.1) is 6.10 Å². The van der Waals surface area contributed by atoms with Crippen molar-refractivity contribution >= 4 is 5.78 Å². The summed E-state index contributed by atoms with van der Waals surface area (Å²) in [6, 6.07) is 16.5. The molecule has 0 aliphatic carbocycles. The first-order valence-electron chi connectivity index (χ1n) is 8.87. The van der Waals surface area contributed by atoms with E-state index in [4.69, 9.17) is 4.74 Å². The Kier molecular flexibility index (Phi) is 6.38. The quantitative estimate of drug-likeness (QED) is 0.707. The van der Waals surface area contributed by atoms with Crippen LogP contribution in [0.5, 0.6) is 5.75 Å². The van der Waals surface area contributed by atoms with Crippen molar-refractivity contribution in [2.45, 2.75) is 45.6 Å². The maximum Gasteiger partial charge on any atom is 0.160 e. The van der Waals surface area contributed by atoms with Crippen molar-refractivity contribution in [3.8, 4) is 5.75 Å². The molecule has 0 saturated carbocycles. The number of carbonyl (C=O) groups excluding carboxylic acids is 1. The average Bonchev–Trinajstić information content (AvgIpc) is 2.60. The van der Waals surface area contributed by atoms with E-state index in [2.05, 4.69) is 51.6 Å². The lowest BCUT2D eigenvalue weighted by Gasteiger charge is -2.26. The van der Waals surface area contributed by atoms with E-state index in [9.17, 15) is 9.90 Å². The molecule has 2 rings (SSSR count). The van der Waals surface area contributed by atoms with Crippen LogP contribution in [0.2, 0.25) is 0 Å². The van der Waals surface area contributed by atoms with Crippen molar-refractivity contribution in [2.75, 3.05) is 6.61 Å². The second-order valence-electron chi connectivity index (χ2n) is 7.39. The van der Waals surface area contributed by atoms with Crippen LogP contribution in [0.3, 0.4) is 0 Å². The molecule has 0 amide bonds. The van der Waals surface area contributed by atoms with Crippen LogP contribution in [0, 0.1) is 6.92 Å². The number of hydrogen-bond acceptors (Lipinski definition) is 3. The van der Waals surface area contributed by atoms with Crippen LogP contribution in [-0.4, -0.2) is 23.6 Å². The summed E-state index contributed by atoms with van der Waals surface area (Å²) in [5.74, 6) is 0.534. The van der Waals surface area contributed by atoms with Gasteiger partial charge >= 0.3 is 0 Å². The van der Waals surface area contributed by atoms with Gasteiger partial charge in [-0.15, -0.1) is 0 Å². The molecule has 1 unspecified atom stereocenters. The number of allylic oxidation sites excluding steroid dienone is 1. The van der Waals surface area contributed by atoms with Crippen LogP contribution >= 0.6 is 0 Å². The van der Waals surface area contributed by atoms with Gasteiger partial charge in [-0.05, 0) is 42.7 Å². The Labute approximate surface area is 156 Å². The summed E-state index contributed by atoms with van der Waals surface area (Å²) in [6.45, 7) is 11.8. The van der Waals surface area contributed by atoms with E-state index in [1.165, 1.54) is 16.7 Å². The van der Waals surface area contributed by atoms with Crippen molar-refractivity contribution in [3.05, 3.63) is 77.4 Å². The Morgan fingerprint density at radius 1 is 1.08 bits per heavy atom. The Bertz CT molecular complexity index is 755. The molecule has 138 valence electrons. The standard InChI is InChI=1S/C23H28O3/c1-16(2)22(25)14-20(24)15-26-21-12-10-19(11-13-21)23(4,5)18-8-6-17(3)7-9-18/h6-13,20,24H,1,14-15H2,2-5H3. The Hall–Kier alpha value is -2.39. The molecule has 26 heavy (non-hydrogen) atoms. The second-order valence-corrected chi connectivity index (χ2v) is 7.39. The average molecular weight is 352 g/mol. The van der Waals surface area contributed by atoms with Crippen LogP contribution in [0.25, 0.3) is 0 Å². The SMILES string of the molecule is C=C(C)C(=O)CC(O)COc1ccc(C(C)(C)c2ccc(C)cc2)cc1. The molecule has 1 N–H and O–H groups in total. The van der Waals surface area contributed by atoms with Gasteiger partial charge < -0.3 is 9.84 Å². The third-order valence-electron chi connectivity index (χ3n) is 4.69. The number of aliphatic hydroxyl groups excluding tert-OH is 1. The molecule has 0 aliphatic heterocycles. The third-order valence-corrected chi connectivity index (χ3v) is 4.69. The summed E-state index contributed by atoms with van der Waals surface area (Å²) in [4.78, 5) is 11.6. The molecule has 3 nitrogen and oxygen atoms in total. The molecule has 0 radical (unpaired) electrons. The number of carbonyl (C=O) groups is 1. The third kappa shape index (κ3) is 5.06. The first kappa shape index (κ1) is 19.9. The monoisotopic (exact) mass is 352 g/mol. The predicted molar refractivity (Wildman–Crippen MR) is 106 cm³/mol. The highest BCUT2D eigenvalue weighted by atomic mass is 16.5. The molecule has 0 aliphatic rings. The largest absolute Gasteiger partial charge is 0.491 e. The number of rotatable bonds is 8. The summed E-state index contributed by atoms with van der Waals surface area (Å²) in [5.41, 5.74) is 4.03. The maximum absolute atomic E-state index is 11.6. The lowest BCUT2D eigenvalue weighted by molar-refractivity contribution is -0.117. The van der Waals surface area contributed by atoms with Crippen LogP contribution in [0.15, 0.2) is 60.7 Å². The van der Waals surface area contributed by atoms with E-state index in [-0.39, 0.29) is 24.2 Å². The minimum atomic E-state index is -0.831. The zero-order valence-electron chi connectivity index (χ0n) is 16.1.